The Morgan fingerprint density at radius 3 is 2.46 bits per heavy atom. The third kappa shape index (κ3) is 1.89. The maximum absolute atomic E-state index is 5.94. The van der Waals surface area contributed by atoms with Crippen LogP contribution in [-0.4, -0.2) is 18.4 Å². The van der Waals surface area contributed by atoms with Crippen LogP contribution < -0.4 is 5.32 Å². The van der Waals surface area contributed by atoms with Crippen molar-refractivity contribution < 1.29 is 4.74 Å². The predicted molar refractivity (Wildman–Crippen MR) is 53.5 cm³/mol. The highest BCUT2D eigenvalue weighted by Gasteiger charge is 2.40. The van der Waals surface area contributed by atoms with Crippen molar-refractivity contribution in [2.24, 2.45) is 5.92 Å². The van der Waals surface area contributed by atoms with Crippen LogP contribution in [-0.2, 0) is 4.74 Å². The first-order valence-electron chi connectivity index (χ1n) is 5.63. The van der Waals surface area contributed by atoms with Crippen LogP contribution in [0.3, 0.4) is 0 Å². The van der Waals surface area contributed by atoms with E-state index in [1.807, 2.05) is 0 Å². The summed E-state index contributed by atoms with van der Waals surface area (Å²) in [7, 11) is 0. The molecule has 2 aliphatic rings. The molecular formula is C11H21NO. The molecule has 76 valence electrons. The highest BCUT2D eigenvalue weighted by Crippen LogP contribution is 2.34. The van der Waals surface area contributed by atoms with Gasteiger partial charge >= 0.3 is 0 Å². The van der Waals surface area contributed by atoms with E-state index < -0.39 is 0 Å². The van der Waals surface area contributed by atoms with Crippen molar-refractivity contribution in [3.8, 4) is 0 Å². The zero-order chi connectivity index (χ0) is 9.31. The molecule has 1 heterocycles. The quantitative estimate of drug-likeness (QED) is 0.673. The first-order valence-corrected chi connectivity index (χ1v) is 5.63. The Balaban J connectivity index is 1.94. The lowest BCUT2D eigenvalue weighted by molar-refractivity contribution is -0.0383. The number of nitrogens with one attached hydrogen (secondary N) is 1. The van der Waals surface area contributed by atoms with Gasteiger partial charge in [-0.05, 0) is 31.6 Å². The topological polar surface area (TPSA) is 21.3 Å². The van der Waals surface area contributed by atoms with Crippen LogP contribution in [0.2, 0.25) is 0 Å². The van der Waals surface area contributed by atoms with E-state index in [1.165, 1.54) is 32.1 Å². The second-order valence-corrected chi connectivity index (χ2v) is 4.86. The van der Waals surface area contributed by atoms with Gasteiger partial charge in [-0.3, -0.25) is 5.32 Å². The molecule has 1 N–H and O–H groups in total. The SMILES string of the molecule is CC(C)C1COC2(CCCCC2)N1. The largest absolute Gasteiger partial charge is 0.359 e. The molecule has 2 fully saturated rings. The van der Waals surface area contributed by atoms with Crippen molar-refractivity contribution in [3.05, 3.63) is 0 Å². The molecule has 13 heavy (non-hydrogen) atoms. The number of hydrogen-bond acceptors (Lipinski definition) is 2. The van der Waals surface area contributed by atoms with Gasteiger partial charge in [-0.1, -0.05) is 20.3 Å². The summed E-state index contributed by atoms with van der Waals surface area (Å²) >= 11 is 0. The lowest BCUT2D eigenvalue weighted by Gasteiger charge is -2.33. The first kappa shape index (κ1) is 9.47. The van der Waals surface area contributed by atoms with E-state index in [-0.39, 0.29) is 5.72 Å². The fraction of sp³-hybridized carbons (Fsp3) is 1.00. The Morgan fingerprint density at radius 1 is 1.23 bits per heavy atom. The molecule has 1 aliphatic heterocycles. The van der Waals surface area contributed by atoms with E-state index in [0.717, 1.165) is 6.61 Å². The number of rotatable bonds is 1. The van der Waals surface area contributed by atoms with E-state index >= 15 is 0 Å². The Morgan fingerprint density at radius 2 is 1.92 bits per heavy atom. The molecule has 1 aliphatic carbocycles. The van der Waals surface area contributed by atoms with Crippen LogP contribution >= 0.6 is 0 Å². The molecule has 0 aromatic heterocycles. The van der Waals surface area contributed by atoms with Crippen LogP contribution in [0.5, 0.6) is 0 Å². The van der Waals surface area contributed by atoms with Crippen LogP contribution in [0, 0.1) is 5.92 Å². The monoisotopic (exact) mass is 183 g/mol. The standard InChI is InChI=1S/C11H21NO/c1-9(2)10-8-13-11(12-10)6-4-3-5-7-11/h9-10,12H,3-8H2,1-2H3. The second-order valence-electron chi connectivity index (χ2n) is 4.86. The van der Waals surface area contributed by atoms with Crippen LogP contribution in [0.1, 0.15) is 46.0 Å². The maximum Gasteiger partial charge on any atom is 0.119 e. The highest BCUT2D eigenvalue weighted by atomic mass is 16.5. The van der Waals surface area contributed by atoms with E-state index in [0.29, 0.717) is 12.0 Å². The predicted octanol–water partition coefficient (Wildman–Crippen LogP) is 2.29. The van der Waals surface area contributed by atoms with Crippen molar-refractivity contribution >= 4 is 0 Å². The zero-order valence-electron chi connectivity index (χ0n) is 8.81. The molecule has 0 radical (unpaired) electrons. The van der Waals surface area contributed by atoms with Gasteiger partial charge in [0.15, 0.2) is 0 Å². The molecule has 0 bridgehead atoms. The summed E-state index contributed by atoms with van der Waals surface area (Å²) in [4.78, 5) is 0. The van der Waals surface area contributed by atoms with Crippen molar-refractivity contribution in [1.82, 2.24) is 5.32 Å². The minimum atomic E-state index is 0.0766. The van der Waals surface area contributed by atoms with Gasteiger partial charge in [0.05, 0.1) is 6.61 Å². The molecule has 1 saturated heterocycles. The van der Waals surface area contributed by atoms with Gasteiger partial charge < -0.3 is 4.74 Å². The third-order valence-corrected chi connectivity index (χ3v) is 3.45. The van der Waals surface area contributed by atoms with Gasteiger partial charge in [0, 0.05) is 6.04 Å². The van der Waals surface area contributed by atoms with Crippen molar-refractivity contribution in [2.75, 3.05) is 6.61 Å². The molecule has 1 saturated carbocycles. The molecule has 2 heteroatoms. The Hall–Kier alpha value is -0.0800. The van der Waals surface area contributed by atoms with E-state index in [4.69, 9.17) is 4.74 Å². The van der Waals surface area contributed by atoms with Crippen LogP contribution in [0.15, 0.2) is 0 Å². The fourth-order valence-electron chi connectivity index (χ4n) is 2.44. The molecular weight excluding hydrogens is 162 g/mol. The minimum absolute atomic E-state index is 0.0766. The normalized spacial score (nSPS) is 33.0. The van der Waals surface area contributed by atoms with Crippen molar-refractivity contribution in [3.63, 3.8) is 0 Å². The average molecular weight is 183 g/mol. The molecule has 0 aromatic carbocycles. The second kappa shape index (κ2) is 3.58. The van der Waals surface area contributed by atoms with Gasteiger partial charge in [0.1, 0.15) is 5.72 Å². The third-order valence-electron chi connectivity index (χ3n) is 3.45. The lowest BCUT2D eigenvalue weighted by Crippen LogP contribution is -2.46. The summed E-state index contributed by atoms with van der Waals surface area (Å²) in [6.45, 7) is 5.45. The summed E-state index contributed by atoms with van der Waals surface area (Å²) in [5.74, 6) is 0.696. The Kier molecular flexibility index (Phi) is 2.61. The van der Waals surface area contributed by atoms with Gasteiger partial charge in [0.2, 0.25) is 0 Å². The Labute approximate surface area is 81.0 Å². The summed E-state index contributed by atoms with van der Waals surface area (Å²) < 4.78 is 5.94. The van der Waals surface area contributed by atoms with E-state index in [1.54, 1.807) is 0 Å². The number of hydrogen-bond donors (Lipinski definition) is 1. The molecule has 1 atom stereocenters. The molecule has 2 nitrogen and oxygen atoms in total. The Bertz CT molecular complexity index is 173. The van der Waals surface area contributed by atoms with Crippen molar-refractivity contribution in [2.45, 2.75) is 57.7 Å². The smallest absolute Gasteiger partial charge is 0.119 e. The van der Waals surface area contributed by atoms with Gasteiger partial charge in [-0.15, -0.1) is 0 Å². The van der Waals surface area contributed by atoms with Gasteiger partial charge in [-0.2, -0.15) is 0 Å². The molecule has 0 aromatic rings. The minimum Gasteiger partial charge on any atom is -0.359 e. The first-order chi connectivity index (χ1) is 6.22. The lowest BCUT2D eigenvalue weighted by atomic mass is 9.91. The molecule has 0 amide bonds. The van der Waals surface area contributed by atoms with Crippen molar-refractivity contribution in [1.29, 1.82) is 0 Å². The van der Waals surface area contributed by atoms with E-state index in [2.05, 4.69) is 19.2 Å². The molecule has 1 unspecified atom stereocenters. The molecule has 2 rings (SSSR count). The fourth-order valence-corrected chi connectivity index (χ4v) is 2.44. The van der Waals surface area contributed by atoms with Gasteiger partial charge in [0.25, 0.3) is 0 Å². The maximum atomic E-state index is 5.94. The van der Waals surface area contributed by atoms with Crippen LogP contribution in [0.4, 0.5) is 0 Å². The zero-order valence-corrected chi connectivity index (χ0v) is 8.81. The highest BCUT2D eigenvalue weighted by molar-refractivity contribution is 4.91. The summed E-state index contributed by atoms with van der Waals surface area (Å²) in [5, 5.41) is 3.68. The van der Waals surface area contributed by atoms with E-state index in [9.17, 15) is 0 Å². The summed E-state index contributed by atoms with van der Waals surface area (Å²) in [6, 6.07) is 0.582. The average Bonchev–Trinajstić information content (AvgIpc) is 2.51. The molecule has 1 spiro atoms. The van der Waals surface area contributed by atoms with Gasteiger partial charge in [-0.25, -0.2) is 0 Å². The summed E-state index contributed by atoms with van der Waals surface area (Å²) in [5.41, 5.74) is 0.0766. The van der Waals surface area contributed by atoms with Crippen LogP contribution in [0.25, 0.3) is 0 Å². The summed E-state index contributed by atoms with van der Waals surface area (Å²) in [6.07, 6.45) is 6.49. The number of ether oxygens (including phenoxy) is 1.